The summed E-state index contributed by atoms with van der Waals surface area (Å²) in [5.74, 6) is 0.618. The number of allylic oxidation sites excluding steroid dienone is 9. The lowest BCUT2D eigenvalue weighted by Crippen LogP contribution is -2.04. The number of rotatable bonds is 8. The van der Waals surface area contributed by atoms with Gasteiger partial charge in [-0.3, -0.25) is 0 Å². The van der Waals surface area contributed by atoms with Crippen LogP contribution in [0.2, 0.25) is 0 Å². The van der Waals surface area contributed by atoms with E-state index in [-0.39, 0.29) is 0 Å². The Morgan fingerprint density at radius 1 is 1.20 bits per heavy atom. The Kier molecular flexibility index (Phi) is 9.80. The molecular formula is C20H32. The molecule has 0 aliphatic heterocycles. The van der Waals surface area contributed by atoms with Gasteiger partial charge in [0.15, 0.2) is 0 Å². The third-order valence-electron chi connectivity index (χ3n) is 3.83. The first-order valence-electron chi connectivity index (χ1n) is 7.89. The van der Waals surface area contributed by atoms with Crippen LogP contribution in [0.25, 0.3) is 0 Å². The highest BCUT2D eigenvalue weighted by atomic mass is 14.2. The molecule has 0 aromatic heterocycles. The van der Waals surface area contributed by atoms with Gasteiger partial charge in [0.1, 0.15) is 0 Å². The zero-order chi connectivity index (χ0) is 15.5. The van der Waals surface area contributed by atoms with E-state index in [2.05, 4.69) is 72.4 Å². The standard InChI is InChI=1S/C20H32/c1-8-13-18(14-9-2)17(7)20(15-10-3)19(12-5)16(6)11-4/h8-9,12-14,16H,1,10-11,15H2,2-7H3/b14-9-,18-13+,19-12-,20-17+. The Morgan fingerprint density at radius 2 is 1.85 bits per heavy atom. The van der Waals surface area contributed by atoms with Crippen molar-refractivity contribution in [1.82, 2.24) is 0 Å². The molecule has 0 saturated carbocycles. The van der Waals surface area contributed by atoms with Crippen LogP contribution in [0.5, 0.6) is 0 Å². The van der Waals surface area contributed by atoms with Gasteiger partial charge in [-0.15, -0.1) is 0 Å². The van der Waals surface area contributed by atoms with Gasteiger partial charge in [-0.1, -0.05) is 64.2 Å². The molecule has 0 saturated heterocycles. The summed E-state index contributed by atoms with van der Waals surface area (Å²) in [4.78, 5) is 0. The summed E-state index contributed by atoms with van der Waals surface area (Å²) in [6.07, 6.45) is 14.1. The maximum atomic E-state index is 3.84. The predicted molar refractivity (Wildman–Crippen MR) is 93.9 cm³/mol. The summed E-state index contributed by atoms with van der Waals surface area (Å²) in [5, 5.41) is 0. The van der Waals surface area contributed by atoms with Crippen molar-refractivity contribution >= 4 is 0 Å². The lowest BCUT2D eigenvalue weighted by molar-refractivity contribution is 0.649. The third kappa shape index (κ3) is 5.36. The quantitative estimate of drug-likeness (QED) is 0.427. The fraction of sp³-hybridized carbons (Fsp3) is 0.500. The molecule has 0 N–H and O–H groups in total. The average molecular weight is 272 g/mol. The zero-order valence-corrected chi connectivity index (χ0v) is 14.3. The fourth-order valence-corrected chi connectivity index (χ4v) is 2.56. The van der Waals surface area contributed by atoms with Crippen LogP contribution < -0.4 is 0 Å². The minimum Gasteiger partial charge on any atom is -0.0990 e. The molecular weight excluding hydrogens is 240 g/mol. The van der Waals surface area contributed by atoms with E-state index < -0.39 is 0 Å². The molecule has 1 unspecified atom stereocenters. The number of hydrogen-bond donors (Lipinski definition) is 0. The van der Waals surface area contributed by atoms with Crippen molar-refractivity contribution in [3.63, 3.8) is 0 Å². The van der Waals surface area contributed by atoms with Crippen molar-refractivity contribution in [1.29, 1.82) is 0 Å². The van der Waals surface area contributed by atoms with Crippen molar-refractivity contribution < 1.29 is 0 Å². The number of hydrogen-bond acceptors (Lipinski definition) is 0. The Labute approximate surface area is 126 Å². The maximum absolute atomic E-state index is 3.84. The SMILES string of the molecule is C=C/C=C(\C=C/C)C(/C)=C(CCC)/C(=C\C)C(C)CC. The molecule has 112 valence electrons. The average Bonchev–Trinajstić information content (AvgIpc) is 2.45. The summed E-state index contributed by atoms with van der Waals surface area (Å²) >= 11 is 0. The normalized spacial score (nSPS) is 16.3. The van der Waals surface area contributed by atoms with Crippen LogP contribution in [-0.4, -0.2) is 0 Å². The van der Waals surface area contributed by atoms with Crippen molar-refractivity contribution in [3.8, 4) is 0 Å². The predicted octanol–water partition coefficient (Wildman–Crippen LogP) is 6.78. The second kappa shape index (κ2) is 10.5. The molecule has 0 heterocycles. The summed E-state index contributed by atoms with van der Waals surface area (Å²) in [6, 6.07) is 0. The van der Waals surface area contributed by atoms with Crippen molar-refractivity contribution in [2.75, 3.05) is 0 Å². The first-order valence-corrected chi connectivity index (χ1v) is 7.89. The highest BCUT2D eigenvalue weighted by molar-refractivity contribution is 5.49. The molecule has 0 radical (unpaired) electrons. The van der Waals surface area contributed by atoms with E-state index in [9.17, 15) is 0 Å². The van der Waals surface area contributed by atoms with E-state index in [1.807, 2.05) is 6.08 Å². The zero-order valence-electron chi connectivity index (χ0n) is 14.3. The van der Waals surface area contributed by atoms with Gasteiger partial charge < -0.3 is 0 Å². The third-order valence-corrected chi connectivity index (χ3v) is 3.83. The topological polar surface area (TPSA) is 0 Å². The van der Waals surface area contributed by atoms with Crippen LogP contribution in [0, 0.1) is 5.92 Å². The van der Waals surface area contributed by atoms with Crippen LogP contribution in [0.15, 0.2) is 59.3 Å². The Hall–Kier alpha value is -1.30. The van der Waals surface area contributed by atoms with E-state index in [1.54, 1.807) is 0 Å². The smallest absolute Gasteiger partial charge is 0.0193 e. The Morgan fingerprint density at radius 3 is 2.25 bits per heavy atom. The van der Waals surface area contributed by atoms with E-state index in [0.717, 1.165) is 6.42 Å². The summed E-state index contributed by atoms with van der Waals surface area (Å²) in [7, 11) is 0. The van der Waals surface area contributed by atoms with E-state index in [0.29, 0.717) is 5.92 Å². The van der Waals surface area contributed by atoms with Crippen molar-refractivity contribution in [2.45, 2.75) is 60.8 Å². The molecule has 0 spiro atoms. The van der Waals surface area contributed by atoms with Gasteiger partial charge in [-0.25, -0.2) is 0 Å². The Bertz CT molecular complexity index is 413. The minimum atomic E-state index is 0.618. The first-order chi connectivity index (χ1) is 9.56. The molecule has 0 aromatic rings. The molecule has 0 aliphatic rings. The Balaban J connectivity index is 5.89. The molecule has 0 aromatic carbocycles. The van der Waals surface area contributed by atoms with Gasteiger partial charge in [0, 0.05) is 0 Å². The van der Waals surface area contributed by atoms with Gasteiger partial charge in [-0.05, 0) is 61.8 Å². The molecule has 0 fully saturated rings. The van der Waals surface area contributed by atoms with E-state index in [4.69, 9.17) is 0 Å². The van der Waals surface area contributed by atoms with Gasteiger partial charge in [0.05, 0.1) is 0 Å². The highest BCUT2D eigenvalue weighted by Gasteiger charge is 2.14. The molecule has 20 heavy (non-hydrogen) atoms. The van der Waals surface area contributed by atoms with Crippen molar-refractivity contribution in [3.05, 3.63) is 59.3 Å². The van der Waals surface area contributed by atoms with Crippen LogP contribution in [0.3, 0.4) is 0 Å². The van der Waals surface area contributed by atoms with Gasteiger partial charge in [-0.2, -0.15) is 0 Å². The molecule has 0 amide bonds. The second-order valence-corrected chi connectivity index (χ2v) is 5.26. The minimum absolute atomic E-state index is 0.618. The van der Waals surface area contributed by atoms with Gasteiger partial charge >= 0.3 is 0 Å². The van der Waals surface area contributed by atoms with Crippen LogP contribution in [-0.2, 0) is 0 Å². The molecule has 0 rings (SSSR count). The van der Waals surface area contributed by atoms with Crippen LogP contribution in [0.4, 0.5) is 0 Å². The molecule has 0 bridgehead atoms. The first kappa shape index (κ1) is 18.7. The summed E-state index contributed by atoms with van der Waals surface area (Å²) in [5.41, 5.74) is 5.67. The monoisotopic (exact) mass is 272 g/mol. The van der Waals surface area contributed by atoms with Crippen LogP contribution in [0.1, 0.15) is 60.8 Å². The molecule has 0 nitrogen and oxygen atoms in total. The lowest BCUT2D eigenvalue weighted by atomic mass is 9.84. The second-order valence-electron chi connectivity index (χ2n) is 5.26. The van der Waals surface area contributed by atoms with Crippen LogP contribution >= 0.6 is 0 Å². The summed E-state index contributed by atoms with van der Waals surface area (Å²) in [6.45, 7) is 17.2. The molecule has 0 heteroatoms. The summed E-state index contributed by atoms with van der Waals surface area (Å²) < 4.78 is 0. The van der Waals surface area contributed by atoms with E-state index >= 15 is 0 Å². The largest absolute Gasteiger partial charge is 0.0990 e. The van der Waals surface area contributed by atoms with Gasteiger partial charge in [0.25, 0.3) is 0 Å². The van der Waals surface area contributed by atoms with E-state index in [1.165, 1.54) is 35.1 Å². The molecule has 1 atom stereocenters. The highest BCUT2D eigenvalue weighted by Crippen LogP contribution is 2.31. The maximum Gasteiger partial charge on any atom is -0.0193 e. The lowest BCUT2D eigenvalue weighted by Gasteiger charge is -2.21. The van der Waals surface area contributed by atoms with Crippen molar-refractivity contribution in [2.24, 2.45) is 5.92 Å². The van der Waals surface area contributed by atoms with Gasteiger partial charge in [0.2, 0.25) is 0 Å². The molecule has 0 aliphatic carbocycles. The fourth-order valence-electron chi connectivity index (χ4n) is 2.56.